The van der Waals surface area contributed by atoms with Crippen LogP contribution >= 0.6 is 0 Å². The summed E-state index contributed by atoms with van der Waals surface area (Å²) in [5.41, 5.74) is 4.65. The number of carbonyl (C=O) groups excluding carboxylic acids is 6. The standard InChI is InChI=1S/C53H48O12/c1-34-7-19-40(20-8-34)60-46(54)31-48(56)62-42-23-11-36(12-24-42)52(3,4)38-15-27-44(28-16-38)64-50(58)33-51(59)65-45-29-17-39(18-30-45)53(5,6)37-13-25-43(26-14-37)63-49(57)32-47(55)61-41-21-9-35(2)10-22-41/h7-30H,31-33H2,1-6H3. The number of carbonyl (C=O) groups is 6. The van der Waals surface area contributed by atoms with Gasteiger partial charge in [-0.05, 0) is 109 Å². The molecule has 0 fully saturated rings. The highest BCUT2D eigenvalue weighted by molar-refractivity contribution is 5.94. The van der Waals surface area contributed by atoms with Crippen LogP contribution in [0.4, 0.5) is 0 Å². The zero-order chi connectivity index (χ0) is 46.7. The Bertz CT molecular complexity index is 2460. The Morgan fingerprint density at radius 2 is 0.446 bits per heavy atom. The Balaban J connectivity index is 0.937. The first-order valence-corrected chi connectivity index (χ1v) is 20.7. The van der Waals surface area contributed by atoms with Gasteiger partial charge < -0.3 is 28.4 Å². The highest BCUT2D eigenvalue weighted by Crippen LogP contribution is 2.35. The average molecular weight is 877 g/mol. The summed E-state index contributed by atoms with van der Waals surface area (Å²) in [7, 11) is 0. The fraction of sp³-hybridized carbons (Fsp3) is 0.208. The van der Waals surface area contributed by atoms with Crippen LogP contribution in [-0.2, 0) is 39.6 Å². The third-order valence-electron chi connectivity index (χ3n) is 10.6. The summed E-state index contributed by atoms with van der Waals surface area (Å²) in [6, 6.07) is 41.5. The fourth-order valence-corrected chi connectivity index (χ4v) is 6.66. The molecule has 0 saturated carbocycles. The van der Waals surface area contributed by atoms with Crippen molar-refractivity contribution in [1.82, 2.24) is 0 Å². The molecule has 0 N–H and O–H groups in total. The molecule has 6 aromatic carbocycles. The van der Waals surface area contributed by atoms with Crippen molar-refractivity contribution in [3.63, 3.8) is 0 Å². The second kappa shape index (κ2) is 20.5. The molecule has 0 heterocycles. The van der Waals surface area contributed by atoms with E-state index in [1.165, 1.54) is 0 Å². The molecule has 332 valence electrons. The molecule has 12 heteroatoms. The Kier molecular flexibility index (Phi) is 14.7. The van der Waals surface area contributed by atoms with Gasteiger partial charge in [-0.15, -0.1) is 0 Å². The van der Waals surface area contributed by atoms with Crippen LogP contribution in [0.5, 0.6) is 34.5 Å². The topological polar surface area (TPSA) is 158 Å². The van der Waals surface area contributed by atoms with Gasteiger partial charge >= 0.3 is 35.8 Å². The molecule has 0 unspecified atom stereocenters. The van der Waals surface area contributed by atoms with Crippen LogP contribution in [0.3, 0.4) is 0 Å². The molecule has 6 rings (SSSR count). The summed E-state index contributed by atoms with van der Waals surface area (Å²) in [5, 5.41) is 0. The molecule has 0 spiro atoms. The van der Waals surface area contributed by atoms with Crippen molar-refractivity contribution < 1.29 is 57.2 Å². The molecule has 0 bridgehead atoms. The Morgan fingerprint density at radius 1 is 0.292 bits per heavy atom. The lowest BCUT2D eigenvalue weighted by Gasteiger charge is -2.26. The van der Waals surface area contributed by atoms with Crippen molar-refractivity contribution in [3.8, 4) is 34.5 Å². The monoisotopic (exact) mass is 876 g/mol. The predicted molar refractivity (Wildman–Crippen MR) is 240 cm³/mol. The zero-order valence-corrected chi connectivity index (χ0v) is 36.9. The molecule has 65 heavy (non-hydrogen) atoms. The minimum atomic E-state index is -0.787. The van der Waals surface area contributed by atoms with E-state index in [4.69, 9.17) is 28.4 Å². The molecule has 0 atom stereocenters. The number of hydrogen-bond acceptors (Lipinski definition) is 12. The molecule has 0 aliphatic rings. The molecule has 0 saturated heterocycles. The Hall–Kier alpha value is -7.86. The summed E-state index contributed by atoms with van der Waals surface area (Å²) in [6.45, 7) is 11.9. The molecule has 12 nitrogen and oxygen atoms in total. The third-order valence-corrected chi connectivity index (χ3v) is 10.6. The van der Waals surface area contributed by atoms with E-state index in [1.807, 2.05) is 90.1 Å². The number of esters is 6. The van der Waals surface area contributed by atoms with E-state index in [-0.39, 0.29) is 23.0 Å². The summed E-state index contributed by atoms with van der Waals surface area (Å²) in [5.74, 6) is -2.76. The zero-order valence-electron chi connectivity index (χ0n) is 36.9. The normalized spacial score (nSPS) is 11.2. The van der Waals surface area contributed by atoms with Crippen LogP contribution in [0.2, 0.25) is 0 Å². The van der Waals surface area contributed by atoms with E-state index < -0.39 is 65.9 Å². The lowest BCUT2D eigenvalue weighted by atomic mass is 9.78. The largest absolute Gasteiger partial charge is 0.426 e. The maximum atomic E-state index is 12.7. The average Bonchev–Trinajstić information content (AvgIpc) is 3.26. The van der Waals surface area contributed by atoms with Crippen LogP contribution in [0.15, 0.2) is 146 Å². The smallest absolute Gasteiger partial charge is 0.322 e. The van der Waals surface area contributed by atoms with Gasteiger partial charge in [0.2, 0.25) is 0 Å². The summed E-state index contributed by atoms with van der Waals surface area (Å²) in [4.78, 5) is 74.5. The van der Waals surface area contributed by atoms with Gasteiger partial charge in [-0.2, -0.15) is 0 Å². The number of rotatable bonds is 16. The molecular formula is C53H48O12. The van der Waals surface area contributed by atoms with Crippen molar-refractivity contribution in [3.05, 3.63) is 179 Å². The number of aryl methyl sites for hydroxylation is 2. The van der Waals surface area contributed by atoms with Gasteiger partial charge in [0.15, 0.2) is 0 Å². The summed E-state index contributed by atoms with van der Waals surface area (Å²) in [6.07, 6.45) is -1.71. The van der Waals surface area contributed by atoms with E-state index in [0.717, 1.165) is 33.4 Å². The third kappa shape index (κ3) is 13.1. The SMILES string of the molecule is Cc1ccc(OC(=O)CC(=O)Oc2ccc(C(C)(C)c3ccc(OC(=O)CC(=O)Oc4ccc(C(C)(C)c5ccc(OC(=O)CC(=O)Oc6ccc(C)cc6)cc5)cc4)cc3)cc2)cc1. The first-order valence-electron chi connectivity index (χ1n) is 20.7. The van der Waals surface area contributed by atoms with Crippen LogP contribution in [0, 0.1) is 13.8 Å². The van der Waals surface area contributed by atoms with Crippen LogP contribution < -0.4 is 28.4 Å². The quantitative estimate of drug-likeness (QED) is 0.0516. The molecule has 0 radical (unpaired) electrons. The highest BCUT2D eigenvalue weighted by atomic mass is 16.6. The number of benzene rings is 6. The first kappa shape index (κ1) is 46.6. The van der Waals surface area contributed by atoms with Crippen molar-refractivity contribution in [2.75, 3.05) is 0 Å². The van der Waals surface area contributed by atoms with Gasteiger partial charge in [0.1, 0.15) is 53.8 Å². The van der Waals surface area contributed by atoms with Crippen molar-refractivity contribution in [2.24, 2.45) is 0 Å². The lowest BCUT2D eigenvalue weighted by Crippen LogP contribution is -2.20. The van der Waals surface area contributed by atoms with Gasteiger partial charge in [-0.25, -0.2) is 0 Å². The van der Waals surface area contributed by atoms with E-state index >= 15 is 0 Å². The molecule has 0 amide bonds. The van der Waals surface area contributed by atoms with E-state index in [1.54, 1.807) is 97.1 Å². The predicted octanol–water partition coefficient (Wildman–Crippen LogP) is 9.66. The highest BCUT2D eigenvalue weighted by Gasteiger charge is 2.26. The maximum Gasteiger partial charge on any atom is 0.322 e. The van der Waals surface area contributed by atoms with Crippen molar-refractivity contribution in [2.45, 2.75) is 71.6 Å². The fourth-order valence-electron chi connectivity index (χ4n) is 6.66. The second-order valence-electron chi connectivity index (χ2n) is 16.3. The van der Waals surface area contributed by atoms with E-state index in [0.29, 0.717) is 11.5 Å². The van der Waals surface area contributed by atoms with Gasteiger partial charge in [-0.1, -0.05) is 112 Å². The van der Waals surface area contributed by atoms with Gasteiger partial charge in [0.05, 0.1) is 0 Å². The Morgan fingerprint density at radius 3 is 0.615 bits per heavy atom. The van der Waals surface area contributed by atoms with E-state index in [9.17, 15) is 28.8 Å². The Labute approximate surface area is 377 Å². The minimum Gasteiger partial charge on any atom is -0.426 e. The van der Waals surface area contributed by atoms with E-state index in [2.05, 4.69) is 0 Å². The van der Waals surface area contributed by atoms with Crippen LogP contribution in [0.25, 0.3) is 0 Å². The molecule has 0 aliphatic heterocycles. The first-order chi connectivity index (χ1) is 30.9. The maximum absolute atomic E-state index is 12.7. The second-order valence-corrected chi connectivity index (χ2v) is 16.3. The van der Waals surface area contributed by atoms with Crippen molar-refractivity contribution in [1.29, 1.82) is 0 Å². The van der Waals surface area contributed by atoms with Crippen LogP contribution in [-0.4, -0.2) is 35.8 Å². The van der Waals surface area contributed by atoms with Gasteiger partial charge in [0, 0.05) is 10.8 Å². The summed E-state index contributed by atoms with van der Waals surface area (Å²) >= 11 is 0. The van der Waals surface area contributed by atoms with Crippen molar-refractivity contribution >= 4 is 35.8 Å². The van der Waals surface area contributed by atoms with Gasteiger partial charge in [-0.3, -0.25) is 28.8 Å². The minimum absolute atomic E-state index is 0.252. The molecule has 0 aliphatic carbocycles. The molecular weight excluding hydrogens is 829 g/mol. The number of hydrogen-bond donors (Lipinski definition) is 0. The number of ether oxygens (including phenoxy) is 6. The molecule has 0 aromatic heterocycles. The van der Waals surface area contributed by atoms with Gasteiger partial charge in [0.25, 0.3) is 0 Å². The molecule has 6 aromatic rings. The lowest BCUT2D eigenvalue weighted by molar-refractivity contribution is -0.146. The van der Waals surface area contributed by atoms with Crippen LogP contribution in [0.1, 0.15) is 80.3 Å². The summed E-state index contributed by atoms with van der Waals surface area (Å²) < 4.78 is 32.0.